The minimum atomic E-state index is -0.294. The van der Waals surface area contributed by atoms with Gasteiger partial charge in [0.05, 0.1) is 12.4 Å². The van der Waals surface area contributed by atoms with Crippen molar-refractivity contribution in [1.82, 2.24) is 20.2 Å². The third-order valence-corrected chi connectivity index (χ3v) is 2.28. The molecule has 0 bridgehead atoms. The van der Waals surface area contributed by atoms with Crippen LogP contribution in [0.2, 0.25) is 0 Å². The van der Waals surface area contributed by atoms with Gasteiger partial charge < -0.3 is 5.32 Å². The number of carbonyl (C=O) groups excluding carboxylic acids is 1. The molecule has 19 heavy (non-hydrogen) atoms. The molecule has 0 unspecified atom stereocenters. The number of nitrogens with zero attached hydrogens (tertiary/aromatic N) is 4. The van der Waals surface area contributed by atoms with Crippen molar-refractivity contribution in [2.24, 2.45) is 0 Å². The first-order valence-corrected chi connectivity index (χ1v) is 5.86. The van der Waals surface area contributed by atoms with Gasteiger partial charge in [-0.25, -0.2) is 9.97 Å². The maximum Gasteiger partial charge on any atom is 0.258 e. The number of aromatic nitrogens is 4. The number of hydrogen-bond acceptors (Lipinski definition) is 6. The van der Waals surface area contributed by atoms with Gasteiger partial charge in [-0.3, -0.25) is 10.1 Å². The van der Waals surface area contributed by atoms with E-state index in [0.29, 0.717) is 11.4 Å². The quantitative estimate of drug-likeness (QED) is 0.857. The number of amides is 1. The molecule has 0 atom stereocenters. The molecule has 0 saturated carbocycles. The summed E-state index contributed by atoms with van der Waals surface area (Å²) < 4.78 is 0. The minimum Gasteiger partial charge on any atom is -0.370 e. The molecule has 2 N–H and O–H groups in total. The predicted molar refractivity (Wildman–Crippen MR) is 70.9 cm³/mol. The van der Waals surface area contributed by atoms with Crippen LogP contribution in [0.4, 0.5) is 11.8 Å². The van der Waals surface area contributed by atoms with Gasteiger partial charge in [-0.05, 0) is 26.0 Å². The molecule has 0 spiro atoms. The standard InChI is InChI=1S/C12H14N6O/c1-3-13-10-7-9(6-8(2)16-10)11(19)17-12-14-4-5-15-18-12/h4-7H,3H2,1-2H3,(H,13,16)(H,14,17,18,19). The lowest BCUT2D eigenvalue weighted by Gasteiger charge is -2.07. The van der Waals surface area contributed by atoms with Crippen LogP contribution in [0.15, 0.2) is 24.5 Å². The highest BCUT2D eigenvalue weighted by Gasteiger charge is 2.10. The van der Waals surface area contributed by atoms with Crippen LogP contribution >= 0.6 is 0 Å². The molecule has 7 heteroatoms. The van der Waals surface area contributed by atoms with Crippen molar-refractivity contribution in [3.63, 3.8) is 0 Å². The Morgan fingerprint density at radius 2 is 2.16 bits per heavy atom. The van der Waals surface area contributed by atoms with Crippen LogP contribution in [0.25, 0.3) is 0 Å². The van der Waals surface area contributed by atoms with Crippen molar-refractivity contribution in [3.05, 3.63) is 35.8 Å². The zero-order chi connectivity index (χ0) is 13.7. The largest absolute Gasteiger partial charge is 0.370 e. The monoisotopic (exact) mass is 258 g/mol. The van der Waals surface area contributed by atoms with Gasteiger partial charge in [-0.15, -0.1) is 5.10 Å². The van der Waals surface area contributed by atoms with Crippen molar-refractivity contribution in [2.45, 2.75) is 13.8 Å². The van der Waals surface area contributed by atoms with E-state index in [-0.39, 0.29) is 11.9 Å². The molecule has 7 nitrogen and oxygen atoms in total. The van der Waals surface area contributed by atoms with Gasteiger partial charge in [0, 0.05) is 17.8 Å². The van der Waals surface area contributed by atoms with E-state index in [4.69, 9.17) is 0 Å². The van der Waals surface area contributed by atoms with Crippen LogP contribution < -0.4 is 10.6 Å². The molecule has 0 aromatic carbocycles. The van der Waals surface area contributed by atoms with Crippen molar-refractivity contribution in [2.75, 3.05) is 17.2 Å². The van der Waals surface area contributed by atoms with Gasteiger partial charge >= 0.3 is 0 Å². The summed E-state index contributed by atoms with van der Waals surface area (Å²) >= 11 is 0. The molecule has 0 radical (unpaired) electrons. The third kappa shape index (κ3) is 3.44. The van der Waals surface area contributed by atoms with E-state index in [2.05, 4.69) is 30.8 Å². The molecule has 2 aromatic rings. The van der Waals surface area contributed by atoms with Crippen LogP contribution in [-0.4, -0.2) is 32.6 Å². The molecule has 1 amide bonds. The molecule has 2 aromatic heterocycles. The second kappa shape index (κ2) is 5.85. The molecule has 0 aliphatic heterocycles. The van der Waals surface area contributed by atoms with E-state index in [1.807, 2.05) is 13.8 Å². The number of hydrogen-bond donors (Lipinski definition) is 2. The average Bonchev–Trinajstić information content (AvgIpc) is 2.39. The highest BCUT2D eigenvalue weighted by atomic mass is 16.1. The molecule has 0 aliphatic rings. The maximum absolute atomic E-state index is 12.0. The SMILES string of the molecule is CCNc1cc(C(=O)Nc2nccnn2)cc(C)n1. The summed E-state index contributed by atoms with van der Waals surface area (Å²) in [6, 6.07) is 3.38. The first kappa shape index (κ1) is 12.9. The number of aryl methyl sites for hydroxylation is 1. The van der Waals surface area contributed by atoms with Crippen molar-refractivity contribution in [3.8, 4) is 0 Å². The van der Waals surface area contributed by atoms with Gasteiger partial charge in [0.2, 0.25) is 5.95 Å². The van der Waals surface area contributed by atoms with E-state index in [1.165, 1.54) is 12.4 Å². The Kier molecular flexibility index (Phi) is 3.97. The Morgan fingerprint density at radius 3 is 2.84 bits per heavy atom. The molecule has 0 fully saturated rings. The Morgan fingerprint density at radius 1 is 1.32 bits per heavy atom. The smallest absolute Gasteiger partial charge is 0.258 e. The van der Waals surface area contributed by atoms with E-state index >= 15 is 0 Å². The maximum atomic E-state index is 12.0. The molecule has 2 rings (SSSR count). The summed E-state index contributed by atoms with van der Waals surface area (Å²) in [5.74, 6) is 0.546. The van der Waals surface area contributed by atoms with Gasteiger partial charge in [-0.1, -0.05) is 0 Å². The van der Waals surface area contributed by atoms with Crippen LogP contribution in [0, 0.1) is 6.92 Å². The molecular weight excluding hydrogens is 244 g/mol. The topological polar surface area (TPSA) is 92.7 Å². The fourth-order valence-electron chi connectivity index (χ4n) is 1.55. The van der Waals surface area contributed by atoms with Crippen molar-refractivity contribution >= 4 is 17.7 Å². The number of pyridine rings is 1. The molecule has 98 valence electrons. The van der Waals surface area contributed by atoms with Gasteiger partial charge in [0.25, 0.3) is 5.91 Å². The Balaban J connectivity index is 2.19. The second-order valence-corrected chi connectivity index (χ2v) is 3.83. The summed E-state index contributed by atoms with van der Waals surface area (Å²) in [4.78, 5) is 20.2. The van der Waals surface area contributed by atoms with Crippen LogP contribution in [0.3, 0.4) is 0 Å². The van der Waals surface area contributed by atoms with Crippen LogP contribution in [0.5, 0.6) is 0 Å². The number of rotatable bonds is 4. The summed E-state index contributed by atoms with van der Waals surface area (Å²) in [7, 11) is 0. The summed E-state index contributed by atoms with van der Waals surface area (Å²) in [6.45, 7) is 4.54. The number of anilines is 2. The van der Waals surface area contributed by atoms with Gasteiger partial charge in [0.15, 0.2) is 0 Å². The average molecular weight is 258 g/mol. The zero-order valence-electron chi connectivity index (χ0n) is 10.7. The van der Waals surface area contributed by atoms with E-state index < -0.39 is 0 Å². The lowest BCUT2D eigenvalue weighted by atomic mass is 10.2. The normalized spacial score (nSPS) is 10.0. The van der Waals surface area contributed by atoms with Gasteiger partial charge in [-0.2, -0.15) is 5.10 Å². The highest BCUT2D eigenvalue weighted by molar-refractivity contribution is 6.03. The zero-order valence-corrected chi connectivity index (χ0v) is 10.7. The molecular formula is C12H14N6O. The second-order valence-electron chi connectivity index (χ2n) is 3.83. The van der Waals surface area contributed by atoms with Crippen molar-refractivity contribution in [1.29, 1.82) is 0 Å². The number of carbonyl (C=O) groups is 1. The predicted octanol–water partition coefficient (Wildman–Crippen LogP) is 1.26. The van der Waals surface area contributed by atoms with E-state index in [9.17, 15) is 4.79 Å². The molecule has 0 saturated heterocycles. The van der Waals surface area contributed by atoms with E-state index in [0.717, 1.165) is 12.2 Å². The highest BCUT2D eigenvalue weighted by Crippen LogP contribution is 2.11. The van der Waals surface area contributed by atoms with E-state index in [1.54, 1.807) is 12.1 Å². The Labute approximate surface area is 110 Å². The fraction of sp³-hybridized carbons (Fsp3) is 0.250. The van der Waals surface area contributed by atoms with Crippen molar-refractivity contribution < 1.29 is 4.79 Å². The Hall–Kier alpha value is -2.57. The fourth-order valence-corrected chi connectivity index (χ4v) is 1.55. The summed E-state index contributed by atoms with van der Waals surface area (Å²) in [5.41, 5.74) is 1.26. The van der Waals surface area contributed by atoms with Crippen LogP contribution in [0.1, 0.15) is 23.0 Å². The summed E-state index contributed by atoms with van der Waals surface area (Å²) in [5, 5.41) is 13.0. The lowest BCUT2D eigenvalue weighted by Crippen LogP contribution is -2.15. The first-order valence-electron chi connectivity index (χ1n) is 5.86. The first-order chi connectivity index (χ1) is 9.19. The van der Waals surface area contributed by atoms with Crippen LogP contribution in [-0.2, 0) is 0 Å². The molecule has 2 heterocycles. The minimum absolute atomic E-state index is 0.173. The summed E-state index contributed by atoms with van der Waals surface area (Å²) in [6.07, 6.45) is 2.90. The lowest BCUT2D eigenvalue weighted by molar-refractivity contribution is 0.102. The molecule has 0 aliphatic carbocycles. The number of nitrogens with one attached hydrogen (secondary N) is 2. The third-order valence-electron chi connectivity index (χ3n) is 2.28. The van der Waals surface area contributed by atoms with Gasteiger partial charge in [0.1, 0.15) is 5.82 Å². The Bertz CT molecular complexity index is 572.